The molecular formula is C19H28N4O3S. The lowest BCUT2D eigenvalue weighted by atomic mass is 10.0. The van der Waals surface area contributed by atoms with Crippen LogP contribution in [0.25, 0.3) is 0 Å². The van der Waals surface area contributed by atoms with Gasteiger partial charge in [0.2, 0.25) is 11.8 Å². The van der Waals surface area contributed by atoms with Crippen LogP contribution >= 0.6 is 11.3 Å². The topological polar surface area (TPSA) is 73.0 Å². The van der Waals surface area contributed by atoms with E-state index in [9.17, 15) is 14.4 Å². The highest BCUT2D eigenvalue weighted by atomic mass is 32.1. The maximum Gasteiger partial charge on any atom is 0.264 e. The maximum absolute atomic E-state index is 12.7. The molecule has 2 aliphatic rings. The van der Waals surface area contributed by atoms with Gasteiger partial charge in [-0.2, -0.15) is 0 Å². The molecule has 0 spiro atoms. The van der Waals surface area contributed by atoms with Crippen LogP contribution in [0.3, 0.4) is 0 Å². The van der Waals surface area contributed by atoms with Crippen LogP contribution in [0.4, 0.5) is 0 Å². The zero-order valence-electron chi connectivity index (χ0n) is 15.9. The van der Waals surface area contributed by atoms with Crippen molar-refractivity contribution < 1.29 is 14.4 Å². The number of rotatable bonds is 5. The van der Waals surface area contributed by atoms with Crippen molar-refractivity contribution in [3.05, 3.63) is 22.4 Å². The fourth-order valence-electron chi connectivity index (χ4n) is 3.73. The van der Waals surface area contributed by atoms with E-state index in [1.54, 1.807) is 11.8 Å². The Morgan fingerprint density at radius 2 is 1.93 bits per heavy atom. The number of likely N-dealkylation sites (tertiary alicyclic amines) is 1. The smallest absolute Gasteiger partial charge is 0.264 e. The lowest BCUT2D eigenvalue weighted by Gasteiger charge is -2.35. The summed E-state index contributed by atoms with van der Waals surface area (Å²) in [6.07, 6.45) is 2.64. The quantitative estimate of drug-likeness (QED) is 0.812. The molecule has 1 aromatic rings. The fourth-order valence-corrected chi connectivity index (χ4v) is 4.41. The predicted octanol–water partition coefficient (Wildman–Crippen LogP) is 1.02. The third-order valence-corrected chi connectivity index (χ3v) is 6.20. The molecule has 0 saturated carbocycles. The first-order valence-electron chi connectivity index (χ1n) is 9.66. The molecule has 148 valence electrons. The summed E-state index contributed by atoms with van der Waals surface area (Å²) >= 11 is 1.42. The van der Waals surface area contributed by atoms with E-state index in [4.69, 9.17) is 0 Å². The van der Waals surface area contributed by atoms with Crippen LogP contribution < -0.4 is 5.32 Å². The lowest BCUT2D eigenvalue weighted by Crippen LogP contribution is -2.53. The Hall–Kier alpha value is -1.93. The molecule has 2 aliphatic heterocycles. The number of hydrogen-bond acceptors (Lipinski definition) is 5. The van der Waals surface area contributed by atoms with Crippen LogP contribution in [0.1, 0.15) is 35.9 Å². The van der Waals surface area contributed by atoms with E-state index in [0.717, 1.165) is 52.0 Å². The molecule has 7 nitrogen and oxygen atoms in total. The highest BCUT2D eigenvalue weighted by molar-refractivity contribution is 7.12. The highest BCUT2D eigenvalue weighted by Gasteiger charge is 2.32. The van der Waals surface area contributed by atoms with Gasteiger partial charge >= 0.3 is 0 Å². The molecule has 1 atom stereocenters. The van der Waals surface area contributed by atoms with E-state index >= 15 is 0 Å². The number of nitrogens with zero attached hydrogens (tertiary/aromatic N) is 3. The summed E-state index contributed by atoms with van der Waals surface area (Å²) in [5.74, 6) is 0.0305. The molecule has 0 bridgehead atoms. The van der Waals surface area contributed by atoms with Gasteiger partial charge in [0.25, 0.3) is 5.91 Å². The van der Waals surface area contributed by atoms with Crippen LogP contribution in [0, 0.1) is 0 Å². The summed E-state index contributed by atoms with van der Waals surface area (Å²) < 4.78 is 0. The Morgan fingerprint density at radius 3 is 2.59 bits per heavy atom. The summed E-state index contributed by atoms with van der Waals surface area (Å²) in [5.41, 5.74) is 0. The molecule has 8 heteroatoms. The third kappa shape index (κ3) is 5.07. The first kappa shape index (κ1) is 19.8. The summed E-state index contributed by atoms with van der Waals surface area (Å²) in [4.78, 5) is 43.3. The van der Waals surface area contributed by atoms with E-state index in [2.05, 4.69) is 10.2 Å². The van der Waals surface area contributed by atoms with Gasteiger partial charge in [0.15, 0.2) is 0 Å². The SMILES string of the molecule is CC(=O)N1CCN(CCNC(=O)C2CCCCN2C(=O)c2cccs2)CC1. The van der Waals surface area contributed by atoms with Crippen molar-refractivity contribution in [2.45, 2.75) is 32.2 Å². The molecule has 1 N–H and O–H groups in total. The molecule has 3 rings (SSSR count). The molecular weight excluding hydrogens is 364 g/mol. The molecule has 0 aliphatic carbocycles. The van der Waals surface area contributed by atoms with Gasteiger partial charge < -0.3 is 15.1 Å². The van der Waals surface area contributed by atoms with Crippen molar-refractivity contribution in [2.75, 3.05) is 45.8 Å². The zero-order chi connectivity index (χ0) is 19.2. The van der Waals surface area contributed by atoms with Crippen LogP contribution in [-0.2, 0) is 9.59 Å². The highest BCUT2D eigenvalue weighted by Crippen LogP contribution is 2.21. The van der Waals surface area contributed by atoms with Crippen molar-refractivity contribution >= 4 is 29.1 Å². The van der Waals surface area contributed by atoms with E-state index in [0.29, 0.717) is 18.0 Å². The summed E-state index contributed by atoms with van der Waals surface area (Å²) in [6.45, 7) is 6.73. The Morgan fingerprint density at radius 1 is 1.15 bits per heavy atom. The predicted molar refractivity (Wildman–Crippen MR) is 105 cm³/mol. The Bertz CT molecular complexity index is 656. The Labute approximate surface area is 164 Å². The van der Waals surface area contributed by atoms with Crippen LogP contribution in [-0.4, -0.2) is 84.3 Å². The van der Waals surface area contributed by atoms with Crippen LogP contribution in [0.5, 0.6) is 0 Å². The van der Waals surface area contributed by atoms with Crippen molar-refractivity contribution in [1.29, 1.82) is 0 Å². The van der Waals surface area contributed by atoms with E-state index in [1.165, 1.54) is 11.3 Å². The van der Waals surface area contributed by atoms with Gasteiger partial charge in [-0.05, 0) is 30.7 Å². The summed E-state index contributed by atoms with van der Waals surface area (Å²) in [5, 5.41) is 4.90. The number of amides is 3. The van der Waals surface area contributed by atoms with E-state index in [1.807, 2.05) is 22.4 Å². The number of carbonyl (C=O) groups excluding carboxylic acids is 3. The van der Waals surface area contributed by atoms with Gasteiger partial charge in [-0.1, -0.05) is 6.07 Å². The standard InChI is InChI=1S/C19H28N4O3S/c1-15(24)22-12-10-21(11-13-22)9-7-20-18(25)16-5-2-3-8-23(16)19(26)17-6-4-14-27-17/h4,6,14,16H,2-3,5,7-13H2,1H3,(H,20,25). The van der Waals surface area contributed by atoms with Gasteiger partial charge in [0, 0.05) is 52.7 Å². The number of piperidine rings is 1. The molecule has 3 heterocycles. The minimum atomic E-state index is -0.372. The zero-order valence-corrected chi connectivity index (χ0v) is 16.7. The normalized spacial score (nSPS) is 21.1. The van der Waals surface area contributed by atoms with Gasteiger partial charge in [0.1, 0.15) is 6.04 Å². The second-order valence-electron chi connectivity index (χ2n) is 7.13. The number of piperazine rings is 1. The van der Waals surface area contributed by atoms with Gasteiger partial charge in [0.05, 0.1) is 4.88 Å². The number of thiophene rings is 1. The first-order chi connectivity index (χ1) is 13.1. The van der Waals surface area contributed by atoms with Crippen molar-refractivity contribution in [1.82, 2.24) is 20.0 Å². The van der Waals surface area contributed by atoms with Crippen LogP contribution in [0.2, 0.25) is 0 Å². The Balaban J connectivity index is 1.46. The monoisotopic (exact) mass is 392 g/mol. The number of hydrogen-bond donors (Lipinski definition) is 1. The maximum atomic E-state index is 12.7. The molecule has 27 heavy (non-hydrogen) atoms. The Kier molecular flexibility index (Phi) is 6.84. The molecule has 0 aromatic carbocycles. The summed E-state index contributed by atoms with van der Waals surface area (Å²) in [6, 6.07) is 3.31. The van der Waals surface area contributed by atoms with Crippen molar-refractivity contribution in [2.24, 2.45) is 0 Å². The second kappa shape index (κ2) is 9.32. The second-order valence-corrected chi connectivity index (χ2v) is 8.07. The average molecular weight is 393 g/mol. The molecule has 3 amide bonds. The lowest BCUT2D eigenvalue weighted by molar-refractivity contribution is -0.130. The summed E-state index contributed by atoms with van der Waals surface area (Å²) in [7, 11) is 0. The van der Waals surface area contributed by atoms with Crippen molar-refractivity contribution in [3.8, 4) is 0 Å². The minimum absolute atomic E-state index is 0.0368. The van der Waals surface area contributed by atoms with Gasteiger partial charge in [-0.15, -0.1) is 11.3 Å². The molecule has 0 radical (unpaired) electrons. The number of carbonyl (C=O) groups is 3. The molecule has 2 saturated heterocycles. The largest absolute Gasteiger partial charge is 0.353 e. The van der Waals surface area contributed by atoms with Crippen molar-refractivity contribution in [3.63, 3.8) is 0 Å². The van der Waals surface area contributed by atoms with Gasteiger partial charge in [-0.3, -0.25) is 19.3 Å². The van der Waals surface area contributed by atoms with Crippen LogP contribution in [0.15, 0.2) is 17.5 Å². The first-order valence-corrected chi connectivity index (χ1v) is 10.5. The molecule has 1 unspecified atom stereocenters. The van der Waals surface area contributed by atoms with E-state index < -0.39 is 0 Å². The average Bonchev–Trinajstić information content (AvgIpc) is 3.22. The third-order valence-electron chi connectivity index (χ3n) is 5.34. The minimum Gasteiger partial charge on any atom is -0.353 e. The fraction of sp³-hybridized carbons (Fsp3) is 0.632. The van der Waals surface area contributed by atoms with E-state index in [-0.39, 0.29) is 23.8 Å². The number of nitrogens with one attached hydrogen (secondary N) is 1. The van der Waals surface area contributed by atoms with Gasteiger partial charge in [-0.25, -0.2) is 0 Å². The molecule has 1 aromatic heterocycles. The molecule has 2 fully saturated rings.